The third-order valence-corrected chi connectivity index (χ3v) is 3.10. The molecule has 0 aliphatic heterocycles. The minimum Gasteiger partial charge on any atom is -0.398 e. The normalized spacial score (nSPS) is 18.4. The van der Waals surface area contributed by atoms with Crippen molar-refractivity contribution >= 4 is 5.69 Å². The molecule has 1 nitrogen and oxygen atoms in total. The summed E-state index contributed by atoms with van der Waals surface area (Å²) in [4.78, 5) is 0. The van der Waals surface area contributed by atoms with Gasteiger partial charge in [-0.25, -0.2) is 4.39 Å². The van der Waals surface area contributed by atoms with Crippen LogP contribution in [0.4, 0.5) is 10.1 Å². The first-order chi connectivity index (χ1) is 6.79. The van der Waals surface area contributed by atoms with Crippen molar-refractivity contribution in [2.75, 3.05) is 5.73 Å². The van der Waals surface area contributed by atoms with E-state index in [1.807, 2.05) is 0 Å². The molecule has 0 spiro atoms. The molecule has 0 atom stereocenters. The van der Waals surface area contributed by atoms with Gasteiger partial charge in [0.25, 0.3) is 0 Å². The average molecular weight is 193 g/mol. The Morgan fingerprint density at radius 2 is 1.86 bits per heavy atom. The van der Waals surface area contributed by atoms with Gasteiger partial charge in [0.2, 0.25) is 0 Å². The number of hydrogen-bond acceptors (Lipinski definition) is 1. The van der Waals surface area contributed by atoms with Gasteiger partial charge in [-0.1, -0.05) is 25.3 Å². The third-order valence-electron chi connectivity index (χ3n) is 3.10. The van der Waals surface area contributed by atoms with Crippen molar-refractivity contribution in [2.45, 2.75) is 38.0 Å². The van der Waals surface area contributed by atoms with E-state index in [2.05, 4.69) is 0 Å². The monoisotopic (exact) mass is 193 g/mol. The van der Waals surface area contributed by atoms with Gasteiger partial charge in [-0.05, 0) is 30.9 Å². The molecule has 0 saturated heterocycles. The molecule has 1 aliphatic rings. The second kappa shape index (κ2) is 3.99. The Hall–Kier alpha value is -1.05. The predicted molar refractivity (Wildman–Crippen MR) is 56.6 cm³/mol. The maximum Gasteiger partial charge on any atom is 0.128 e. The van der Waals surface area contributed by atoms with Crippen LogP contribution < -0.4 is 5.73 Å². The molecule has 0 aromatic heterocycles. The van der Waals surface area contributed by atoms with Gasteiger partial charge in [-0.2, -0.15) is 0 Å². The quantitative estimate of drug-likeness (QED) is 0.679. The highest BCUT2D eigenvalue weighted by molar-refractivity contribution is 5.49. The SMILES string of the molecule is Nc1cccc(F)c1C1CCCCC1. The minimum atomic E-state index is -0.128. The molecule has 2 heteroatoms. The lowest BCUT2D eigenvalue weighted by Crippen LogP contribution is -2.09. The summed E-state index contributed by atoms with van der Waals surface area (Å²) in [7, 11) is 0. The molecule has 0 unspecified atom stereocenters. The van der Waals surface area contributed by atoms with Crippen molar-refractivity contribution in [3.05, 3.63) is 29.6 Å². The molecule has 1 aliphatic carbocycles. The Kier molecular flexibility index (Phi) is 2.71. The molecular formula is C12H16FN. The van der Waals surface area contributed by atoms with Crippen molar-refractivity contribution in [1.29, 1.82) is 0 Å². The summed E-state index contributed by atoms with van der Waals surface area (Å²) in [6, 6.07) is 4.99. The summed E-state index contributed by atoms with van der Waals surface area (Å²) in [5.74, 6) is 0.224. The van der Waals surface area contributed by atoms with Gasteiger partial charge in [-0.3, -0.25) is 0 Å². The van der Waals surface area contributed by atoms with Crippen LogP contribution in [0.3, 0.4) is 0 Å². The van der Waals surface area contributed by atoms with Crippen LogP contribution in [0.1, 0.15) is 43.6 Å². The van der Waals surface area contributed by atoms with Crippen LogP contribution in [-0.4, -0.2) is 0 Å². The second-order valence-corrected chi connectivity index (χ2v) is 4.08. The van der Waals surface area contributed by atoms with E-state index in [0.717, 1.165) is 18.4 Å². The second-order valence-electron chi connectivity index (χ2n) is 4.08. The zero-order chi connectivity index (χ0) is 9.97. The number of hydrogen-bond donors (Lipinski definition) is 1. The number of nitrogen functional groups attached to an aromatic ring is 1. The van der Waals surface area contributed by atoms with Crippen LogP contribution >= 0.6 is 0 Å². The zero-order valence-corrected chi connectivity index (χ0v) is 8.30. The molecule has 1 fully saturated rings. The highest BCUT2D eigenvalue weighted by atomic mass is 19.1. The topological polar surface area (TPSA) is 26.0 Å². The Bertz CT molecular complexity index is 296. The van der Waals surface area contributed by atoms with Gasteiger partial charge >= 0.3 is 0 Å². The first-order valence-corrected chi connectivity index (χ1v) is 5.33. The van der Waals surface area contributed by atoms with Crippen LogP contribution in [0.2, 0.25) is 0 Å². The van der Waals surface area contributed by atoms with E-state index < -0.39 is 0 Å². The maximum atomic E-state index is 13.6. The number of nitrogens with two attached hydrogens (primary N) is 1. The molecule has 1 saturated carbocycles. The Morgan fingerprint density at radius 1 is 1.14 bits per heavy atom. The van der Waals surface area contributed by atoms with Crippen LogP contribution in [0.25, 0.3) is 0 Å². The smallest absolute Gasteiger partial charge is 0.128 e. The van der Waals surface area contributed by atoms with E-state index in [4.69, 9.17) is 5.73 Å². The molecule has 0 radical (unpaired) electrons. The molecule has 1 aromatic rings. The van der Waals surface area contributed by atoms with Crippen molar-refractivity contribution in [1.82, 2.24) is 0 Å². The summed E-state index contributed by atoms with van der Waals surface area (Å²) in [5, 5.41) is 0. The zero-order valence-electron chi connectivity index (χ0n) is 8.30. The molecule has 1 aromatic carbocycles. The van der Waals surface area contributed by atoms with Gasteiger partial charge in [0.15, 0.2) is 0 Å². The standard InChI is InChI=1S/C12H16FN/c13-10-7-4-8-11(14)12(10)9-5-2-1-3-6-9/h4,7-9H,1-3,5-6,14H2. The third kappa shape index (κ3) is 1.74. The van der Waals surface area contributed by atoms with Crippen LogP contribution in [-0.2, 0) is 0 Å². The predicted octanol–water partition coefficient (Wildman–Crippen LogP) is 3.46. The lowest BCUT2D eigenvalue weighted by Gasteiger charge is -2.23. The van der Waals surface area contributed by atoms with Crippen molar-refractivity contribution in [2.24, 2.45) is 0 Å². The summed E-state index contributed by atoms with van der Waals surface area (Å²) in [6.45, 7) is 0. The summed E-state index contributed by atoms with van der Waals surface area (Å²) < 4.78 is 13.6. The van der Waals surface area contributed by atoms with E-state index in [0.29, 0.717) is 11.6 Å². The minimum absolute atomic E-state index is 0.128. The Morgan fingerprint density at radius 3 is 2.50 bits per heavy atom. The number of rotatable bonds is 1. The van der Waals surface area contributed by atoms with Crippen LogP contribution in [0.5, 0.6) is 0 Å². The summed E-state index contributed by atoms with van der Waals surface area (Å²) >= 11 is 0. The van der Waals surface area contributed by atoms with Crippen LogP contribution in [0, 0.1) is 5.82 Å². The van der Waals surface area contributed by atoms with Crippen molar-refractivity contribution in [3.63, 3.8) is 0 Å². The lowest BCUT2D eigenvalue weighted by molar-refractivity contribution is 0.431. The molecule has 0 amide bonds. The lowest BCUT2D eigenvalue weighted by atomic mass is 9.83. The van der Waals surface area contributed by atoms with E-state index in [1.165, 1.54) is 25.3 Å². The molecule has 2 N–H and O–H groups in total. The summed E-state index contributed by atoms with van der Waals surface area (Å²) in [5.41, 5.74) is 7.19. The van der Waals surface area contributed by atoms with Gasteiger partial charge in [0, 0.05) is 11.3 Å². The van der Waals surface area contributed by atoms with Crippen molar-refractivity contribution in [3.8, 4) is 0 Å². The molecule has 0 bridgehead atoms. The first-order valence-electron chi connectivity index (χ1n) is 5.33. The average Bonchev–Trinajstić information content (AvgIpc) is 2.19. The molecule has 14 heavy (non-hydrogen) atoms. The van der Waals surface area contributed by atoms with Crippen LogP contribution in [0.15, 0.2) is 18.2 Å². The number of anilines is 1. The first kappa shape index (κ1) is 9.50. The highest BCUT2D eigenvalue weighted by Gasteiger charge is 2.20. The van der Waals surface area contributed by atoms with Gasteiger partial charge < -0.3 is 5.73 Å². The highest BCUT2D eigenvalue weighted by Crippen LogP contribution is 2.36. The van der Waals surface area contributed by atoms with Crippen molar-refractivity contribution < 1.29 is 4.39 Å². The molecule has 0 heterocycles. The molecule has 2 rings (SSSR count). The largest absolute Gasteiger partial charge is 0.398 e. The summed E-state index contributed by atoms with van der Waals surface area (Å²) in [6.07, 6.45) is 5.87. The maximum absolute atomic E-state index is 13.6. The Labute approximate surface area is 84.1 Å². The molecule has 76 valence electrons. The van der Waals surface area contributed by atoms with E-state index in [-0.39, 0.29) is 5.82 Å². The fourth-order valence-electron chi connectivity index (χ4n) is 2.38. The Balaban J connectivity index is 2.29. The number of halogens is 1. The van der Waals surface area contributed by atoms with E-state index in [1.54, 1.807) is 12.1 Å². The molecular weight excluding hydrogens is 177 g/mol. The fraction of sp³-hybridized carbons (Fsp3) is 0.500. The fourth-order valence-corrected chi connectivity index (χ4v) is 2.38. The van der Waals surface area contributed by atoms with E-state index >= 15 is 0 Å². The van der Waals surface area contributed by atoms with Gasteiger partial charge in [0.1, 0.15) is 5.82 Å². The van der Waals surface area contributed by atoms with E-state index in [9.17, 15) is 4.39 Å². The number of benzene rings is 1. The van der Waals surface area contributed by atoms with Gasteiger partial charge in [-0.15, -0.1) is 0 Å². The van der Waals surface area contributed by atoms with Gasteiger partial charge in [0.05, 0.1) is 0 Å².